The van der Waals surface area contributed by atoms with Crippen LogP contribution in [0.15, 0.2) is 224 Å². The lowest BCUT2D eigenvalue weighted by molar-refractivity contribution is 0.768. The van der Waals surface area contributed by atoms with Gasteiger partial charge in [-0.1, -0.05) is 200 Å². The Bertz CT molecular complexity index is 2710. The number of anilines is 3. The summed E-state index contributed by atoms with van der Waals surface area (Å²) in [5.41, 5.74) is 15.2. The first-order valence-corrected chi connectivity index (χ1v) is 18.7. The van der Waals surface area contributed by atoms with E-state index in [1.54, 1.807) is 0 Å². The lowest BCUT2D eigenvalue weighted by Gasteiger charge is -2.35. The van der Waals surface area contributed by atoms with Gasteiger partial charge in [0.1, 0.15) is 0 Å². The van der Waals surface area contributed by atoms with Crippen LogP contribution in [0.4, 0.5) is 17.1 Å². The molecule has 0 N–H and O–H groups in total. The van der Waals surface area contributed by atoms with E-state index >= 15 is 0 Å². The summed E-state index contributed by atoms with van der Waals surface area (Å²) in [5, 5.41) is 2.41. The Morgan fingerprint density at radius 2 is 0.852 bits per heavy atom. The number of hydrogen-bond acceptors (Lipinski definition) is 1. The van der Waals surface area contributed by atoms with Gasteiger partial charge in [-0.3, -0.25) is 0 Å². The Morgan fingerprint density at radius 1 is 0.315 bits per heavy atom. The molecule has 254 valence electrons. The van der Waals surface area contributed by atoms with Crippen LogP contribution in [0, 0.1) is 0 Å². The molecule has 0 radical (unpaired) electrons. The summed E-state index contributed by atoms with van der Waals surface area (Å²) in [6, 6.07) is 82.1. The Hall–Kier alpha value is -6.96. The van der Waals surface area contributed by atoms with Crippen LogP contribution in [0.2, 0.25) is 0 Å². The van der Waals surface area contributed by atoms with Crippen molar-refractivity contribution in [2.75, 3.05) is 4.90 Å². The van der Waals surface area contributed by atoms with Crippen LogP contribution < -0.4 is 4.90 Å². The summed E-state index contributed by atoms with van der Waals surface area (Å²) in [5.74, 6) is 0. The highest BCUT2D eigenvalue weighted by molar-refractivity contribution is 6.05. The SMILES string of the molecule is c1ccc(-c2ccc(N(c3cccc4c3-c3ccccc3C4(c3ccccc3)c3ccccc3)c3cccc4ccccc34)c(-c3ccccc3)c2)cc1. The number of rotatable bonds is 7. The summed E-state index contributed by atoms with van der Waals surface area (Å²) < 4.78 is 0. The fourth-order valence-electron chi connectivity index (χ4n) is 8.84. The molecule has 0 aromatic heterocycles. The van der Waals surface area contributed by atoms with Gasteiger partial charge in [-0.25, -0.2) is 0 Å². The third kappa shape index (κ3) is 5.01. The maximum Gasteiger partial charge on any atom is 0.0714 e. The minimum Gasteiger partial charge on any atom is -0.309 e. The van der Waals surface area contributed by atoms with E-state index in [1.807, 2.05) is 0 Å². The fraction of sp³-hybridized carbons (Fsp3) is 0.0189. The first-order valence-electron chi connectivity index (χ1n) is 18.7. The number of fused-ring (bicyclic) bond motifs is 4. The lowest BCUT2D eigenvalue weighted by atomic mass is 9.68. The molecule has 0 heterocycles. The quantitative estimate of drug-likeness (QED) is 0.161. The molecule has 0 saturated carbocycles. The number of hydrogen-bond donors (Lipinski definition) is 0. The van der Waals surface area contributed by atoms with E-state index in [0.29, 0.717) is 0 Å². The molecular weight excluding hydrogens is 651 g/mol. The molecule has 9 aromatic rings. The summed E-state index contributed by atoms with van der Waals surface area (Å²) >= 11 is 0. The van der Waals surface area contributed by atoms with Gasteiger partial charge in [-0.2, -0.15) is 0 Å². The zero-order chi connectivity index (χ0) is 35.9. The van der Waals surface area contributed by atoms with Gasteiger partial charge in [0, 0.05) is 16.5 Å². The predicted octanol–water partition coefficient (Wildman–Crippen LogP) is 14.0. The van der Waals surface area contributed by atoms with E-state index in [9.17, 15) is 0 Å². The van der Waals surface area contributed by atoms with Crippen LogP contribution in [-0.4, -0.2) is 0 Å². The van der Waals surface area contributed by atoms with Crippen molar-refractivity contribution in [3.63, 3.8) is 0 Å². The molecule has 1 aliphatic carbocycles. The molecule has 1 nitrogen and oxygen atoms in total. The predicted molar refractivity (Wildman–Crippen MR) is 227 cm³/mol. The van der Waals surface area contributed by atoms with Crippen LogP contribution in [0.5, 0.6) is 0 Å². The van der Waals surface area contributed by atoms with Crippen LogP contribution in [0.3, 0.4) is 0 Å². The highest BCUT2D eigenvalue weighted by atomic mass is 15.1. The van der Waals surface area contributed by atoms with Gasteiger partial charge >= 0.3 is 0 Å². The third-order valence-corrected chi connectivity index (χ3v) is 11.1. The Labute approximate surface area is 317 Å². The first kappa shape index (κ1) is 31.7. The third-order valence-electron chi connectivity index (χ3n) is 11.1. The average Bonchev–Trinajstić information content (AvgIpc) is 3.57. The highest BCUT2D eigenvalue weighted by Crippen LogP contribution is 2.60. The van der Waals surface area contributed by atoms with Crippen molar-refractivity contribution in [2.45, 2.75) is 5.41 Å². The van der Waals surface area contributed by atoms with E-state index in [0.717, 1.165) is 17.1 Å². The molecule has 54 heavy (non-hydrogen) atoms. The van der Waals surface area contributed by atoms with Crippen molar-refractivity contribution in [2.24, 2.45) is 0 Å². The summed E-state index contributed by atoms with van der Waals surface area (Å²) in [6.07, 6.45) is 0. The van der Waals surface area contributed by atoms with Gasteiger partial charge in [0.2, 0.25) is 0 Å². The summed E-state index contributed by atoms with van der Waals surface area (Å²) in [6.45, 7) is 0. The van der Waals surface area contributed by atoms with Gasteiger partial charge in [-0.15, -0.1) is 0 Å². The molecule has 0 aliphatic heterocycles. The second-order valence-electron chi connectivity index (χ2n) is 14.0. The summed E-state index contributed by atoms with van der Waals surface area (Å²) in [4.78, 5) is 2.53. The van der Waals surface area contributed by atoms with Crippen LogP contribution in [-0.2, 0) is 5.41 Å². The molecule has 1 aliphatic rings. The topological polar surface area (TPSA) is 3.24 Å². The molecule has 0 bridgehead atoms. The Morgan fingerprint density at radius 3 is 1.57 bits per heavy atom. The first-order chi connectivity index (χ1) is 26.8. The molecule has 0 unspecified atom stereocenters. The second-order valence-corrected chi connectivity index (χ2v) is 14.0. The number of nitrogens with zero attached hydrogens (tertiary/aromatic N) is 1. The lowest BCUT2D eigenvalue weighted by Crippen LogP contribution is -2.28. The van der Waals surface area contributed by atoms with Crippen LogP contribution in [0.25, 0.3) is 44.2 Å². The van der Waals surface area contributed by atoms with Crippen molar-refractivity contribution < 1.29 is 0 Å². The zero-order valence-corrected chi connectivity index (χ0v) is 29.8. The molecule has 0 spiro atoms. The van der Waals surface area contributed by atoms with Crippen LogP contribution in [0.1, 0.15) is 22.3 Å². The van der Waals surface area contributed by atoms with E-state index in [2.05, 4.69) is 229 Å². The molecular formula is C53H37N. The minimum absolute atomic E-state index is 0.506. The monoisotopic (exact) mass is 687 g/mol. The largest absolute Gasteiger partial charge is 0.309 e. The Balaban J connectivity index is 1.33. The van der Waals surface area contributed by atoms with Gasteiger partial charge in [-0.05, 0) is 74.2 Å². The van der Waals surface area contributed by atoms with E-state index < -0.39 is 5.41 Å². The zero-order valence-electron chi connectivity index (χ0n) is 29.8. The van der Waals surface area contributed by atoms with E-state index in [1.165, 1.54) is 66.4 Å². The van der Waals surface area contributed by atoms with Crippen LogP contribution >= 0.6 is 0 Å². The molecule has 0 saturated heterocycles. The maximum absolute atomic E-state index is 2.53. The van der Waals surface area contributed by atoms with Crippen molar-refractivity contribution in [3.05, 3.63) is 247 Å². The molecule has 0 fully saturated rings. The number of benzene rings is 9. The fourth-order valence-corrected chi connectivity index (χ4v) is 8.84. The van der Waals surface area contributed by atoms with Gasteiger partial charge in [0.15, 0.2) is 0 Å². The molecule has 1 heteroatoms. The van der Waals surface area contributed by atoms with E-state index in [-0.39, 0.29) is 0 Å². The van der Waals surface area contributed by atoms with Gasteiger partial charge in [0.05, 0.1) is 22.5 Å². The molecule has 10 rings (SSSR count). The highest BCUT2D eigenvalue weighted by Gasteiger charge is 2.47. The summed E-state index contributed by atoms with van der Waals surface area (Å²) in [7, 11) is 0. The molecule has 0 atom stereocenters. The smallest absolute Gasteiger partial charge is 0.0714 e. The standard InChI is InChI=1S/C53H37N/c1-5-19-38(20-6-1)41-35-36-50(46(37-41)40-21-7-2-8-22-40)54(49-33-17-24-39-23-13-14-29-44(39)49)51-34-18-32-48-52(51)45-30-15-16-31-47(45)53(48,42-25-9-3-10-26-42)43-27-11-4-12-28-43/h1-37H. The minimum atomic E-state index is -0.506. The van der Waals surface area contributed by atoms with Crippen molar-refractivity contribution >= 4 is 27.8 Å². The van der Waals surface area contributed by atoms with Crippen molar-refractivity contribution in [1.82, 2.24) is 0 Å². The average molecular weight is 688 g/mol. The normalized spacial score (nSPS) is 12.6. The Kier molecular flexibility index (Phi) is 7.78. The van der Waals surface area contributed by atoms with Crippen molar-refractivity contribution in [1.29, 1.82) is 0 Å². The van der Waals surface area contributed by atoms with Gasteiger partial charge in [0.25, 0.3) is 0 Å². The van der Waals surface area contributed by atoms with E-state index in [4.69, 9.17) is 0 Å². The molecule has 0 amide bonds. The molecule has 9 aromatic carbocycles. The van der Waals surface area contributed by atoms with Gasteiger partial charge < -0.3 is 4.90 Å². The van der Waals surface area contributed by atoms with Crippen molar-refractivity contribution in [3.8, 4) is 33.4 Å². The maximum atomic E-state index is 2.53. The second kappa shape index (κ2) is 13.2.